The summed E-state index contributed by atoms with van der Waals surface area (Å²) in [5, 5.41) is 4.09. The molecule has 0 saturated heterocycles. The van der Waals surface area contributed by atoms with Gasteiger partial charge in [-0.25, -0.2) is 4.39 Å². The first-order valence-corrected chi connectivity index (χ1v) is 7.61. The summed E-state index contributed by atoms with van der Waals surface area (Å²) >= 11 is 9.26. The molecule has 2 unspecified atom stereocenters. The molecular weight excluding hydrogens is 341 g/mol. The predicted octanol–water partition coefficient (Wildman–Crippen LogP) is 5.65. The first kappa shape index (κ1) is 15.5. The third kappa shape index (κ3) is 3.81. The summed E-state index contributed by atoms with van der Waals surface area (Å²) in [5.74, 6) is -0.210. The average Bonchev–Trinajstić information content (AvgIpc) is 2.38. The van der Waals surface area contributed by atoms with Gasteiger partial charge in [0.05, 0.1) is 0 Å². The Morgan fingerprint density at radius 3 is 2.50 bits per heavy atom. The molecule has 0 fully saturated rings. The van der Waals surface area contributed by atoms with E-state index in [1.807, 2.05) is 44.2 Å². The van der Waals surface area contributed by atoms with Gasteiger partial charge in [-0.2, -0.15) is 0 Å². The maximum Gasteiger partial charge on any atom is 0.129 e. The zero-order valence-corrected chi connectivity index (χ0v) is 13.7. The maximum atomic E-state index is 13.9. The smallest absolute Gasteiger partial charge is 0.129 e. The van der Waals surface area contributed by atoms with E-state index in [4.69, 9.17) is 11.6 Å². The third-order valence-corrected chi connectivity index (χ3v) is 4.01. The molecule has 0 heterocycles. The predicted molar refractivity (Wildman–Crippen MR) is 85.5 cm³/mol. The fourth-order valence-corrected chi connectivity index (χ4v) is 2.72. The van der Waals surface area contributed by atoms with Crippen molar-refractivity contribution in [3.8, 4) is 0 Å². The first-order valence-electron chi connectivity index (χ1n) is 6.44. The van der Waals surface area contributed by atoms with E-state index in [0.717, 1.165) is 10.0 Å². The Hall–Kier alpha value is -0.900. The number of nitrogens with one attached hydrogen (secondary N) is 1. The SMILES string of the molecule is CC(NC(C)c1ccc(Br)cc1F)c1cccc(Cl)c1. The molecule has 0 aromatic heterocycles. The van der Waals surface area contributed by atoms with E-state index in [0.29, 0.717) is 10.6 Å². The van der Waals surface area contributed by atoms with Gasteiger partial charge < -0.3 is 5.32 Å². The molecule has 20 heavy (non-hydrogen) atoms. The van der Waals surface area contributed by atoms with Crippen LogP contribution >= 0.6 is 27.5 Å². The molecule has 1 nitrogen and oxygen atoms in total. The quantitative estimate of drug-likeness (QED) is 0.746. The summed E-state index contributed by atoms with van der Waals surface area (Å²) in [4.78, 5) is 0. The van der Waals surface area contributed by atoms with Crippen molar-refractivity contribution in [1.29, 1.82) is 0 Å². The first-order chi connectivity index (χ1) is 9.47. The van der Waals surface area contributed by atoms with E-state index in [1.54, 1.807) is 6.07 Å². The van der Waals surface area contributed by atoms with E-state index in [-0.39, 0.29) is 17.9 Å². The molecule has 0 spiro atoms. The van der Waals surface area contributed by atoms with Crippen LogP contribution in [0.15, 0.2) is 46.9 Å². The second-order valence-corrected chi connectivity index (χ2v) is 6.18. The fourth-order valence-electron chi connectivity index (χ4n) is 2.19. The van der Waals surface area contributed by atoms with Gasteiger partial charge in [-0.05, 0) is 43.7 Å². The molecule has 0 saturated carbocycles. The van der Waals surface area contributed by atoms with Gasteiger partial charge in [-0.3, -0.25) is 0 Å². The van der Waals surface area contributed by atoms with Gasteiger partial charge in [-0.1, -0.05) is 45.7 Å². The number of rotatable bonds is 4. The molecule has 106 valence electrons. The summed E-state index contributed by atoms with van der Waals surface area (Å²) in [6.45, 7) is 3.99. The molecule has 2 aromatic rings. The largest absolute Gasteiger partial charge is 0.304 e. The molecule has 2 aromatic carbocycles. The minimum Gasteiger partial charge on any atom is -0.304 e. The van der Waals surface area contributed by atoms with Gasteiger partial charge in [-0.15, -0.1) is 0 Å². The van der Waals surface area contributed by atoms with Crippen molar-refractivity contribution >= 4 is 27.5 Å². The highest BCUT2D eigenvalue weighted by Gasteiger charge is 2.14. The lowest BCUT2D eigenvalue weighted by atomic mass is 10.0. The second-order valence-electron chi connectivity index (χ2n) is 4.83. The molecule has 0 amide bonds. The van der Waals surface area contributed by atoms with Gasteiger partial charge in [0.2, 0.25) is 0 Å². The molecule has 2 rings (SSSR count). The van der Waals surface area contributed by atoms with Crippen molar-refractivity contribution in [2.24, 2.45) is 0 Å². The normalized spacial score (nSPS) is 14.1. The van der Waals surface area contributed by atoms with Crippen molar-refractivity contribution < 1.29 is 4.39 Å². The Morgan fingerprint density at radius 2 is 1.85 bits per heavy atom. The Morgan fingerprint density at radius 1 is 1.10 bits per heavy atom. The number of hydrogen-bond donors (Lipinski definition) is 1. The van der Waals surface area contributed by atoms with Gasteiger partial charge in [0, 0.05) is 27.1 Å². The minimum atomic E-state index is -0.210. The molecule has 0 aliphatic carbocycles. The summed E-state index contributed by atoms with van der Waals surface area (Å²) in [6, 6.07) is 12.8. The lowest BCUT2D eigenvalue weighted by Crippen LogP contribution is -2.23. The van der Waals surface area contributed by atoms with Crippen molar-refractivity contribution in [2.75, 3.05) is 0 Å². The van der Waals surface area contributed by atoms with Crippen molar-refractivity contribution in [3.05, 3.63) is 68.9 Å². The summed E-state index contributed by atoms with van der Waals surface area (Å²) < 4.78 is 14.7. The molecule has 0 radical (unpaired) electrons. The Balaban J connectivity index is 2.12. The third-order valence-electron chi connectivity index (χ3n) is 3.28. The lowest BCUT2D eigenvalue weighted by Gasteiger charge is -2.21. The van der Waals surface area contributed by atoms with Crippen molar-refractivity contribution in [2.45, 2.75) is 25.9 Å². The maximum absolute atomic E-state index is 13.9. The number of benzene rings is 2. The standard InChI is InChI=1S/C16H16BrClFN/c1-10(12-4-3-5-14(18)8-12)20-11(2)15-7-6-13(17)9-16(15)19/h3-11,20H,1-2H3. The highest BCUT2D eigenvalue weighted by Crippen LogP contribution is 2.24. The van der Waals surface area contributed by atoms with E-state index in [2.05, 4.69) is 21.2 Å². The van der Waals surface area contributed by atoms with Crippen LogP contribution < -0.4 is 5.32 Å². The summed E-state index contributed by atoms with van der Waals surface area (Å²) in [5.41, 5.74) is 1.74. The van der Waals surface area contributed by atoms with Gasteiger partial charge in [0.1, 0.15) is 5.82 Å². The van der Waals surface area contributed by atoms with Gasteiger partial charge in [0.25, 0.3) is 0 Å². The summed E-state index contributed by atoms with van der Waals surface area (Å²) in [7, 11) is 0. The highest BCUT2D eigenvalue weighted by molar-refractivity contribution is 9.10. The molecule has 1 N–H and O–H groups in total. The zero-order chi connectivity index (χ0) is 14.7. The zero-order valence-electron chi connectivity index (χ0n) is 11.3. The van der Waals surface area contributed by atoms with Crippen LogP contribution in [0.2, 0.25) is 5.02 Å². The van der Waals surface area contributed by atoms with Crippen LogP contribution in [0.4, 0.5) is 4.39 Å². The van der Waals surface area contributed by atoms with E-state index in [9.17, 15) is 4.39 Å². The van der Waals surface area contributed by atoms with E-state index >= 15 is 0 Å². The average molecular weight is 357 g/mol. The van der Waals surface area contributed by atoms with Crippen LogP contribution in [0.3, 0.4) is 0 Å². The van der Waals surface area contributed by atoms with Crippen LogP contribution in [-0.4, -0.2) is 0 Å². The van der Waals surface area contributed by atoms with E-state index < -0.39 is 0 Å². The topological polar surface area (TPSA) is 12.0 Å². The second kappa shape index (κ2) is 6.70. The van der Waals surface area contributed by atoms with Crippen LogP contribution in [0.25, 0.3) is 0 Å². The van der Waals surface area contributed by atoms with Gasteiger partial charge >= 0.3 is 0 Å². The molecule has 0 aliphatic rings. The lowest BCUT2D eigenvalue weighted by molar-refractivity contribution is 0.474. The minimum absolute atomic E-state index is 0.0860. The van der Waals surface area contributed by atoms with Crippen molar-refractivity contribution in [3.63, 3.8) is 0 Å². The van der Waals surface area contributed by atoms with Crippen LogP contribution in [0, 0.1) is 5.82 Å². The molecule has 4 heteroatoms. The van der Waals surface area contributed by atoms with Crippen LogP contribution in [0.1, 0.15) is 37.1 Å². The molecule has 2 atom stereocenters. The summed E-state index contributed by atoms with van der Waals surface area (Å²) in [6.07, 6.45) is 0. The van der Waals surface area contributed by atoms with Crippen LogP contribution in [-0.2, 0) is 0 Å². The fraction of sp³-hybridized carbons (Fsp3) is 0.250. The van der Waals surface area contributed by atoms with Crippen LogP contribution in [0.5, 0.6) is 0 Å². The highest BCUT2D eigenvalue weighted by atomic mass is 79.9. The van der Waals surface area contributed by atoms with Gasteiger partial charge in [0.15, 0.2) is 0 Å². The molecule has 0 aliphatic heterocycles. The Labute approximate surface area is 132 Å². The monoisotopic (exact) mass is 355 g/mol. The molecular formula is C16H16BrClFN. The Bertz CT molecular complexity index is 603. The van der Waals surface area contributed by atoms with Crippen molar-refractivity contribution in [1.82, 2.24) is 5.32 Å². The number of hydrogen-bond acceptors (Lipinski definition) is 1. The number of halogens is 3. The van der Waals surface area contributed by atoms with E-state index in [1.165, 1.54) is 6.07 Å². The molecule has 0 bridgehead atoms. The Kier molecular flexibility index (Phi) is 5.19.